The lowest BCUT2D eigenvalue weighted by Crippen LogP contribution is -2.44. The van der Waals surface area contributed by atoms with Gasteiger partial charge in [0.1, 0.15) is 5.75 Å². The number of carbonyl (C=O) groups excluding carboxylic acids is 3. The highest BCUT2D eigenvalue weighted by Gasteiger charge is 2.26. The van der Waals surface area contributed by atoms with Gasteiger partial charge in [0.25, 0.3) is 0 Å². The van der Waals surface area contributed by atoms with E-state index >= 15 is 0 Å². The highest BCUT2D eigenvalue weighted by Crippen LogP contribution is 2.23. The van der Waals surface area contributed by atoms with Gasteiger partial charge in [0.15, 0.2) is 0 Å². The number of amides is 3. The van der Waals surface area contributed by atoms with Crippen LogP contribution in [0.3, 0.4) is 0 Å². The summed E-state index contributed by atoms with van der Waals surface area (Å²) in [5.41, 5.74) is 2.44. The molecule has 0 radical (unpaired) electrons. The molecule has 0 aliphatic heterocycles. The molecule has 2 N–H and O–H groups in total. The molecule has 182 valence electrons. The number of benzene rings is 3. The van der Waals surface area contributed by atoms with Crippen LogP contribution in [0.15, 0.2) is 84.9 Å². The number of rotatable bonds is 11. The number of nitrogens with zero attached hydrogens (tertiary/aromatic N) is 1. The maximum atomic E-state index is 13.5. The van der Waals surface area contributed by atoms with Crippen LogP contribution in [0.2, 0.25) is 0 Å². The molecule has 3 amide bonds. The average Bonchev–Trinajstić information content (AvgIpc) is 2.89. The first-order valence-electron chi connectivity index (χ1n) is 11.6. The van der Waals surface area contributed by atoms with Crippen molar-refractivity contribution >= 4 is 23.4 Å². The highest BCUT2D eigenvalue weighted by molar-refractivity contribution is 5.95. The van der Waals surface area contributed by atoms with Gasteiger partial charge in [-0.3, -0.25) is 14.4 Å². The van der Waals surface area contributed by atoms with Gasteiger partial charge in [-0.25, -0.2) is 0 Å². The van der Waals surface area contributed by atoms with E-state index in [1.54, 1.807) is 36.3 Å². The van der Waals surface area contributed by atoms with E-state index in [4.69, 9.17) is 4.74 Å². The van der Waals surface area contributed by atoms with Gasteiger partial charge >= 0.3 is 0 Å². The quantitative estimate of drug-likeness (QED) is 0.441. The normalized spacial score (nSPS) is 11.3. The molecule has 7 nitrogen and oxygen atoms in total. The first-order chi connectivity index (χ1) is 17.0. The first-order valence-corrected chi connectivity index (χ1v) is 11.6. The van der Waals surface area contributed by atoms with E-state index in [-0.39, 0.29) is 30.8 Å². The largest absolute Gasteiger partial charge is 0.497 e. The van der Waals surface area contributed by atoms with E-state index < -0.39 is 5.91 Å². The number of hydrogen-bond donors (Lipinski definition) is 2. The summed E-state index contributed by atoms with van der Waals surface area (Å²) in [5, 5.41) is 5.35. The average molecular weight is 474 g/mol. The van der Waals surface area contributed by atoms with Crippen molar-refractivity contribution in [3.63, 3.8) is 0 Å². The maximum Gasteiger partial charge on any atom is 0.243 e. The van der Waals surface area contributed by atoms with Gasteiger partial charge in [0.05, 0.1) is 26.1 Å². The minimum Gasteiger partial charge on any atom is -0.497 e. The van der Waals surface area contributed by atoms with Crippen LogP contribution < -0.4 is 15.4 Å². The third-order valence-corrected chi connectivity index (χ3v) is 5.59. The molecular weight excluding hydrogens is 442 g/mol. The molecule has 0 saturated carbocycles. The van der Waals surface area contributed by atoms with E-state index in [9.17, 15) is 14.4 Å². The summed E-state index contributed by atoms with van der Waals surface area (Å²) < 4.78 is 5.10. The number of carbonyl (C=O) groups is 3. The zero-order chi connectivity index (χ0) is 25.0. The fraction of sp³-hybridized carbons (Fsp3) is 0.250. The summed E-state index contributed by atoms with van der Waals surface area (Å²) in [4.78, 5) is 40.1. The molecule has 7 heteroatoms. The van der Waals surface area contributed by atoms with Gasteiger partial charge in [-0.1, -0.05) is 67.6 Å². The molecule has 0 bridgehead atoms. The zero-order valence-corrected chi connectivity index (χ0v) is 20.1. The van der Waals surface area contributed by atoms with Crippen molar-refractivity contribution in [1.82, 2.24) is 10.2 Å². The third kappa shape index (κ3) is 7.71. The molecule has 1 atom stereocenters. The van der Waals surface area contributed by atoms with Crippen LogP contribution in [0.5, 0.6) is 5.75 Å². The topological polar surface area (TPSA) is 87.7 Å². The van der Waals surface area contributed by atoms with E-state index in [2.05, 4.69) is 10.6 Å². The Labute approximate surface area is 206 Å². The predicted molar refractivity (Wildman–Crippen MR) is 136 cm³/mol. The Morgan fingerprint density at radius 1 is 0.857 bits per heavy atom. The second kappa shape index (κ2) is 12.9. The van der Waals surface area contributed by atoms with E-state index in [1.807, 2.05) is 67.6 Å². The maximum absolute atomic E-state index is 13.5. The summed E-state index contributed by atoms with van der Waals surface area (Å²) >= 11 is 0. The SMILES string of the molecule is CCC(C(=O)N(CC(=O)NCC(=O)Nc1ccc(OC)cc1)Cc1ccccc1)c1ccccc1. The van der Waals surface area contributed by atoms with Gasteiger partial charge in [-0.15, -0.1) is 0 Å². The molecule has 35 heavy (non-hydrogen) atoms. The van der Waals surface area contributed by atoms with Crippen molar-refractivity contribution in [2.24, 2.45) is 0 Å². The Morgan fingerprint density at radius 3 is 2.09 bits per heavy atom. The first kappa shape index (κ1) is 25.5. The summed E-state index contributed by atoms with van der Waals surface area (Å²) in [6.45, 7) is 1.91. The molecule has 0 aliphatic rings. The zero-order valence-electron chi connectivity index (χ0n) is 20.1. The number of anilines is 1. The Balaban J connectivity index is 1.64. The van der Waals surface area contributed by atoms with Crippen molar-refractivity contribution in [2.75, 3.05) is 25.5 Å². The molecule has 3 rings (SSSR count). The summed E-state index contributed by atoms with van der Waals surface area (Å²) in [7, 11) is 1.57. The second-order valence-corrected chi connectivity index (χ2v) is 8.10. The molecular formula is C28H31N3O4. The molecule has 0 saturated heterocycles. The predicted octanol–water partition coefficient (Wildman–Crippen LogP) is 3.97. The number of nitrogens with one attached hydrogen (secondary N) is 2. The van der Waals surface area contributed by atoms with Gasteiger partial charge in [0, 0.05) is 12.2 Å². The Kier molecular flexibility index (Phi) is 9.42. The van der Waals surface area contributed by atoms with Crippen LogP contribution in [0, 0.1) is 0 Å². The lowest BCUT2D eigenvalue weighted by atomic mass is 9.94. The lowest BCUT2D eigenvalue weighted by molar-refractivity contribution is -0.138. The molecule has 0 fully saturated rings. The van der Waals surface area contributed by atoms with Crippen molar-refractivity contribution < 1.29 is 19.1 Å². The molecule has 0 heterocycles. The highest BCUT2D eigenvalue weighted by atomic mass is 16.5. The number of methoxy groups -OCH3 is 1. The van der Waals surface area contributed by atoms with E-state index in [0.29, 0.717) is 24.4 Å². The van der Waals surface area contributed by atoms with Crippen LogP contribution in [0.1, 0.15) is 30.4 Å². The monoisotopic (exact) mass is 473 g/mol. The fourth-order valence-electron chi connectivity index (χ4n) is 3.76. The van der Waals surface area contributed by atoms with Crippen molar-refractivity contribution in [3.8, 4) is 5.75 Å². The summed E-state index contributed by atoms with van der Waals surface area (Å²) in [5.74, 6) is -0.561. The van der Waals surface area contributed by atoms with Crippen LogP contribution in [-0.2, 0) is 20.9 Å². The van der Waals surface area contributed by atoms with Crippen molar-refractivity contribution in [2.45, 2.75) is 25.8 Å². The standard InChI is InChI=1S/C28H31N3O4/c1-3-25(22-12-8-5-9-13-22)28(34)31(19-21-10-6-4-7-11-21)20-27(33)29-18-26(32)30-23-14-16-24(35-2)17-15-23/h4-17,25H,3,18-20H2,1-2H3,(H,29,33)(H,30,32). The Bertz CT molecular complexity index is 1100. The van der Waals surface area contributed by atoms with Gasteiger partial charge < -0.3 is 20.3 Å². The minimum absolute atomic E-state index is 0.125. The smallest absolute Gasteiger partial charge is 0.243 e. The van der Waals surface area contributed by atoms with Gasteiger partial charge in [-0.05, 0) is 41.8 Å². The minimum atomic E-state index is -0.401. The molecule has 0 aromatic heterocycles. The van der Waals surface area contributed by atoms with Crippen LogP contribution in [0.25, 0.3) is 0 Å². The van der Waals surface area contributed by atoms with Crippen molar-refractivity contribution in [3.05, 3.63) is 96.1 Å². The van der Waals surface area contributed by atoms with Crippen LogP contribution in [0.4, 0.5) is 5.69 Å². The van der Waals surface area contributed by atoms with Gasteiger partial charge in [0.2, 0.25) is 17.7 Å². The summed E-state index contributed by atoms with van der Waals surface area (Å²) in [6.07, 6.45) is 0.611. The lowest BCUT2D eigenvalue weighted by Gasteiger charge is -2.27. The molecule has 0 aliphatic carbocycles. The van der Waals surface area contributed by atoms with Crippen LogP contribution >= 0.6 is 0 Å². The number of hydrogen-bond acceptors (Lipinski definition) is 4. The molecule has 3 aromatic carbocycles. The number of ether oxygens (including phenoxy) is 1. The fourth-order valence-corrected chi connectivity index (χ4v) is 3.76. The third-order valence-electron chi connectivity index (χ3n) is 5.59. The van der Waals surface area contributed by atoms with E-state index in [0.717, 1.165) is 11.1 Å². The second-order valence-electron chi connectivity index (χ2n) is 8.10. The molecule has 3 aromatic rings. The van der Waals surface area contributed by atoms with E-state index in [1.165, 1.54) is 0 Å². The van der Waals surface area contributed by atoms with Crippen molar-refractivity contribution in [1.29, 1.82) is 0 Å². The Hall–Kier alpha value is -4.13. The molecule has 1 unspecified atom stereocenters. The summed E-state index contributed by atoms with van der Waals surface area (Å²) in [6, 6.07) is 26.0. The molecule has 0 spiro atoms. The van der Waals surface area contributed by atoms with Crippen LogP contribution in [-0.4, -0.2) is 42.8 Å². The Morgan fingerprint density at radius 2 is 1.49 bits per heavy atom. The van der Waals surface area contributed by atoms with Gasteiger partial charge in [-0.2, -0.15) is 0 Å².